The van der Waals surface area contributed by atoms with E-state index in [1.54, 1.807) is 0 Å². The second-order valence-corrected chi connectivity index (χ2v) is 5.06. The number of pyridine rings is 1. The highest BCUT2D eigenvalue weighted by Gasteiger charge is 2.16. The summed E-state index contributed by atoms with van der Waals surface area (Å²) in [4.78, 5) is 4.37. The SMILES string of the molecule is Cc1cc(C)c(C(Cc2ccccn2)NN)c(C)c1. The van der Waals surface area contributed by atoms with Crippen molar-refractivity contribution in [3.63, 3.8) is 0 Å². The minimum absolute atomic E-state index is 0.0931. The van der Waals surface area contributed by atoms with Gasteiger partial charge in [0.1, 0.15) is 0 Å². The summed E-state index contributed by atoms with van der Waals surface area (Å²) in [5, 5.41) is 0. The van der Waals surface area contributed by atoms with Crippen LogP contribution in [-0.4, -0.2) is 4.98 Å². The van der Waals surface area contributed by atoms with Gasteiger partial charge in [0, 0.05) is 18.3 Å². The molecular formula is C16H21N3. The van der Waals surface area contributed by atoms with Crippen molar-refractivity contribution in [2.75, 3.05) is 0 Å². The minimum atomic E-state index is 0.0931. The van der Waals surface area contributed by atoms with Crippen LogP contribution in [0, 0.1) is 20.8 Å². The van der Waals surface area contributed by atoms with Gasteiger partial charge in [-0.05, 0) is 49.6 Å². The molecule has 1 heterocycles. The molecule has 2 aromatic rings. The number of nitrogens with zero attached hydrogens (tertiary/aromatic N) is 1. The zero-order valence-corrected chi connectivity index (χ0v) is 11.8. The summed E-state index contributed by atoms with van der Waals surface area (Å²) < 4.78 is 0. The highest BCUT2D eigenvalue weighted by molar-refractivity contribution is 5.40. The first-order valence-corrected chi connectivity index (χ1v) is 6.55. The van der Waals surface area contributed by atoms with E-state index in [0.29, 0.717) is 0 Å². The quantitative estimate of drug-likeness (QED) is 0.652. The van der Waals surface area contributed by atoms with E-state index in [2.05, 4.69) is 43.3 Å². The standard InChI is InChI=1S/C16H21N3/c1-11-8-12(2)16(13(3)9-11)15(19-17)10-14-6-4-5-7-18-14/h4-9,15,19H,10,17H2,1-3H3. The van der Waals surface area contributed by atoms with Crippen LogP contribution in [-0.2, 0) is 6.42 Å². The van der Waals surface area contributed by atoms with Gasteiger partial charge in [0.15, 0.2) is 0 Å². The smallest absolute Gasteiger partial charge is 0.0520 e. The van der Waals surface area contributed by atoms with E-state index < -0.39 is 0 Å². The number of aryl methyl sites for hydroxylation is 3. The normalized spacial score (nSPS) is 12.4. The number of hydrogen-bond acceptors (Lipinski definition) is 3. The Morgan fingerprint density at radius 3 is 2.37 bits per heavy atom. The fourth-order valence-corrected chi connectivity index (χ4v) is 2.71. The Bertz CT molecular complexity index is 526. The van der Waals surface area contributed by atoms with Crippen LogP contribution in [0.5, 0.6) is 0 Å². The summed E-state index contributed by atoms with van der Waals surface area (Å²) in [5.74, 6) is 5.75. The average Bonchev–Trinajstić information content (AvgIpc) is 2.37. The first-order valence-electron chi connectivity index (χ1n) is 6.55. The Kier molecular flexibility index (Phi) is 4.30. The fraction of sp³-hybridized carbons (Fsp3) is 0.312. The number of hydrogen-bond donors (Lipinski definition) is 2. The van der Waals surface area contributed by atoms with E-state index in [1.807, 2.05) is 24.4 Å². The van der Waals surface area contributed by atoms with Crippen molar-refractivity contribution in [3.05, 3.63) is 64.5 Å². The van der Waals surface area contributed by atoms with Gasteiger partial charge in [-0.2, -0.15) is 0 Å². The third kappa shape index (κ3) is 3.19. The molecule has 3 heteroatoms. The maximum absolute atomic E-state index is 5.75. The molecule has 2 rings (SSSR count). The average molecular weight is 255 g/mol. The number of nitrogens with two attached hydrogens (primary N) is 1. The van der Waals surface area contributed by atoms with Gasteiger partial charge in [-0.25, -0.2) is 0 Å². The lowest BCUT2D eigenvalue weighted by atomic mass is 9.92. The third-order valence-electron chi connectivity index (χ3n) is 3.43. The van der Waals surface area contributed by atoms with Gasteiger partial charge < -0.3 is 0 Å². The number of nitrogens with one attached hydrogen (secondary N) is 1. The van der Waals surface area contributed by atoms with Gasteiger partial charge in [-0.15, -0.1) is 0 Å². The first kappa shape index (κ1) is 13.7. The number of hydrazine groups is 1. The van der Waals surface area contributed by atoms with Crippen LogP contribution in [0.4, 0.5) is 0 Å². The van der Waals surface area contributed by atoms with Crippen molar-refractivity contribution in [2.24, 2.45) is 5.84 Å². The molecule has 0 aliphatic heterocycles. The molecule has 0 saturated heterocycles. The molecule has 1 atom stereocenters. The topological polar surface area (TPSA) is 50.9 Å². The molecule has 0 spiro atoms. The first-order chi connectivity index (χ1) is 9.11. The van der Waals surface area contributed by atoms with Gasteiger partial charge in [-0.1, -0.05) is 23.8 Å². The molecule has 19 heavy (non-hydrogen) atoms. The Hall–Kier alpha value is -1.71. The Morgan fingerprint density at radius 2 is 1.84 bits per heavy atom. The van der Waals surface area contributed by atoms with Crippen LogP contribution in [0.2, 0.25) is 0 Å². The van der Waals surface area contributed by atoms with Gasteiger partial charge in [0.2, 0.25) is 0 Å². The predicted molar refractivity (Wildman–Crippen MR) is 78.7 cm³/mol. The van der Waals surface area contributed by atoms with Crippen molar-refractivity contribution in [1.29, 1.82) is 0 Å². The van der Waals surface area contributed by atoms with E-state index in [4.69, 9.17) is 5.84 Å². The largest absolute Gasteiger partial charge is 0.271 e. The van der Waals surface area contributed by atoms with E-state index in [0.717, 1.165) is 12.1 Å². The van der Waals surface area contributed by atoms with Crippen molar-refractivity contribution in [1.82, 2.24) is 10.4 Å². The van der Waals surface area contributed by atoms with E-state index in [-0.39, 0.29) is 6.04 Å². The fourth-order valence-electron chi connectivity index (χ4n) is 2.71. The van der Waals surface area contributed by atoms with Crippen LogP contribution < -0.4 is 11.3 Å². The van der Waals surface area contributed by atoms with Gasteiger partial charge >= 0.3 is 0 Å². The lowest BCUT2D eigenvalue weighted by molar-refractivity contribution is 0.541. The van der Waals surface area contributed by atoms with Crippen molar-refractivity contribution in [3.8, 4) is 0 Å². The lowest BCUT2D eigenvalue weighted by Gasteiger charge is -2.21. The number of aromatic nitrogens is 1. The molecule has 100 valence electrons. The zero-order chi connectivity index (χ0) is 13.8. The van der Waals surface area contributed by atoms with Crippen LogP contribution >= 0.6 is 0 Å². The molecule has 0 radical (unpaired) electrons. The molecule has 3 nitrogen and oxygen atoms in total. The maximum atomic E-state index is 5.75. The van der Waals surface area contributed by atoms with Crippen LogP contribution in [0.15, 0.2) is 36.5 Å². The highest BCUT2D eigenvalue weighted by Crippen LogP contribution is 2.25. The van der Waals surface area contributed by atoms with E-state index >= 15 is 0 Å². The molecule has 1 unspecified atom stereocenters. The van der Waals surface area contributed by atoms with Crippen molar-refractivity contribution >= 4 is 0 Å². The Labute approximate surface area is 114 Å². The van der Waals surface area contributed by atoms with E-state index in [9.17, 15) is 0 Å². The second kappa shape index (κ2) is 5.95. The second-order valence-electron chi connectivity index (χ2n) is 5.06. The van der Waals surface area contributed by atoms with Crippen LogP contribution in [0.1, 0.15) is 34.0 Å². The zero-order valence-electron chi connectivity index (χ0n) is 11.8. The van der Waals surface area contributed by atoms with Crippen molar-refractivity contribution in [2.45, 2.75) is 33.2 Å². The highest BCUT2D eigenvalue weighted by atomic mass is 15.2. The Balaban J connectivity index is 2.32. The molecular weight excluding hydrogens is 234 g/mol. The number of benzene rings is 1. The van der Waals surface area contributed by atoms with Gasteiger partial charge in [0.05, 0.1) is 6.04 Å². The number of rotatable bonds is 4. The van der Waals surface area contributed by atoms with Crippen molar-refractivity contribution < 1.29 is 0 Å². The summed E-state index contributed by atoms with van der Waals surface area (Å²) >= 11 is 0. The molecule has 0 aliphatic rings. The summed E-state index contributed by atoms with van der Waals surface area (Å²) in [5.41, 5.74) is 9.08. The lowest BCUT2D eigenvalue weighted by Crippen LogP contribution is -2.31. The Morgan fingerprint density at radius 1 is 1.16 bits per heavy atom. The van der Waals surface area contributed by atoms with Gasteiger partial charge in [-0.3, -0.25) is 16.3 Å². The minimum Gasteiger partial charge on any atom is -0.271 e. The molecule has 0 bridgehead atoms. The van der Waals surface area contributed by atoms with Crippen LogP contribution in [0.25, 0.3) is 0 Å². The third-order valence-corrected chi connectivity index (χ3v) is 3.43. The summed E-state index contributed by atoms with van der Waals surface area (Å²) in [6.45, 7) is 6.39. The molecule has 0 fully saturated rings. The van der Waals surface area contributed by atoms with Crippen LogP contribution in [0.3, 0.4) is 0 Å². The molecule has 0 aliphatic carbocycles. The molecule has 0 saturated carbocycles. The monoisotopic (exact) mass is 255 g/mol. The molecule has 0 amide bonds. The summed E-state index contributed by atoms with van der Waals surface area (Å²) in [7, 11) is 0. The maximum Gasteiger partial charge on any atom is 0.0520 e. The molecule has 1 aromatic heterocycles. The predicted octanol–water partition coefficient (Wildman–Crippen LogP) is 2.75. The van der Waals surface area contributed by atoms with Gasteiger partial charge in [0.25, 0.3) is 0 Å². The molecule has 3 N–H and O–H groups in total. The summed E-state index contributed by atoms with van der Waals surface area (Å²) in [6, 6.07) is 10.5. The molecule has 1 aromatic carbocycles. The van der Waals surface area contributed by atoms with E-state index in [1.165, 1.54) is 22.3 Å². The summed E-state index contributed by atoms with van der Waals surface area (Å²) in [6.07, 6.45) is 2.61.